The van der Waals surface area contributed by atoms with Crippen molar-refractivity contribution >= 4 is 23.4 Å². The molecule has 3 rings (SSSR count). The van der Waals surface area contributed by atoms with Crippen LogP contribution in [0.2, 0.25) is 0 Å². The highest BCUT2D eigenvalue weighted by molar-refractivity contribution is 6.18. The maximum atomic E-state index is 13.2. The van der Waals surface area contributed by atoms with Crippen LogP contribution in [-0.2, 0) is 15.0 Å². The molecular weight excluding hydrogens is 310 g/mol. The molecule has 0 saturated carbocycles. The number of nitrogens with zero attached hydrogens (tertiary/aromatic N) is 1. The number of halogens is 1. The van der Waals surface area contributed by atoms with E-state index in [0.29, 0.717) is 18.8 Å². The van der Waals surface area contributed by atoms with Gasteiger partial charge in [0.1, 0.15) is 5.41 Å². The number of carbonyl (C=O) groups excluding carboxylic acids is 2. The quantitative estimate of drug-likeness (QED) is 0.624. The van der Waals surface area contributed by atoms with Gasteiger partial charge in [-0.1, -0.05) is 60.7 Å². The molecule has 118 valence electrons. The molecule has 0 N–H and O–H groups in total. The van der Waals surface area contributed by atoms with Crippen molar-refractivity contribution in [2.24, 2.45) is 0 Å². The zero-order valence-corrected chi connectivity index (χ0v) is 13.5. The zero-order chi connectivity index (χ0) is 16.3. The Bertz CT molecular complexity index is 660. The summed E-state index contributed by atoms with van der Waals surface area (Å²) >= 11 is 5.73. The number of benzene rings is 2. The van der Waals surface area contributed by atoms with Crippen LogP contribution in [0.3, 0.4) is 0 Å². The average molecular weight is 328 g/mol. The number of alkyl halides is 1. The Balaban J connectivity index is 2.12. The van der Waals surface area contributed by atoms with Crippen LogP contribution in [0.1, 0.15) is 24.0 Å². The third kappa shape index (κ3) is 2.66. The zero-order valence-electron chi connectivity index (χ0n) is 12.7. The smallest absolute Gasteiger partial charge is 0.244 e. The van der Waals surface area contributed by atoms with Gasteiger partial charge in [0.2, 0.25) is 11.8 Å². The van der Waals surface area contributed by atoms with E-state index in [9.17, 15) is 9.59 Å². The minimum Gasteiger partial charge on any atom is -0.281 e. The molecule has 23 heavy (non-hydrogen) atoms. The number of hydrogen-bond acceptors (Lipinski definition) is 2. The molecule has 0 aliphatic carbocycles. The number of carbonyl (C=O) groups is 2. The fourth-order valence-corrected chi connectivity index (χ4v) is 3.37. The van der Waals surface area contributed by atoms with Crippen molar-refractivity contribution in [3.05, 3.63) is 71.8 Å². The molecule has 0 radical (unpaired) electrons. The molecule has 3 nitrogen and oxygen atoms in total. The summed E-state index contributed by atoms with van der Waals surface area (Å²) in [7, 11) is 0. The lowest BCUT2D eigenvalue weighted by molar-refractivity contribution is -0.139. The molecule has 1 aliphatic heterocycles. The minimum absolute atomic E-state index is 0.132. The van der Waals surface area contributed by atoms with Gasteiger partial charge in [-0.05, 0) is 17.5 Å². The molecule has 2 aromatic carbocycles. The third-order valence-corrected chi connectivity index (χ3v) is 4.64. The van der Waals surface area contributed by atoms with Crippen molar-refractivity contribution in [1.29, 1.82) is 0 Å². The van der Waals surface area contributed by atoms with Crippen LogP contribution >= 0.6 is 11.6 Å². The van der Waals surface area contributed by atoms with Gasteiger partial charge < -0.3 is 0 Å². The van der Waals surface area contributed by atoms with Gasteiger partial charge in [-0.2, -0.15) is 0 Å². The van der Waals surface area contributed by atoms with Crippen molar-refractivity contribution in [2.75, 3.05) is 12.4 Å². The summed E-state index contributed by atoms with van der Waals surface area (Å²) in [6.45, 7) is 0.378. The van der Waals surface area contributed by atoms with Crippen LogP contribution in [0.5, 0.6) is 0 Å². The van der Waals surface area contributed by atoms with E-state index in [1.165, 1.54) is 4.90 Å². The average Bonchev–Trinajstić information content (AvgIpc) is 2.86. The van der Waals surface area contributed by atoms with E-state index in [4.69, 9.17) is 11.6 Å². The van der Waals surface area contributed by atoms with Gasteiger partial charge in [0.05, 0.1) is 0 Å². The van der Waals surface area contributed by atoms with E-state index in [0.717, 1.165) is 11.1 Å². The Morgan fingerprint density at radius 1 is 0.913 bits per heavy atom. The molecule has 1 aliphatic rings. The largest absolute Gasteiger partial charge is 0.281 e. The molecule has 0 aromatic heterocycles. The number of imide groups is 1. The first-order chi connectivity index (χ1) is 11.2. The highest BCUT2D eigenvalue weighted by Crippen LogP contribution is 2.42. The summed E-state index contributed by atoms with van der Waals surface area (Å²) in [6.07, 6.45) is 0.779. The number of rotatable bonds is 5. The molecule has 1 heterocycles. The molecule has 4 heteroatoms. The van der Waals surface area contributed by atoms with Crippen LogP contribution in [0.15, 0.2) is 60.7 Å². The molecule has 0 spiro atoms. The van der Waals surface area contributed by atoms with Gasteiger partial charge >= 0.3 is 0 Å². The second-order valence-electron chi connectivity index (χ2n) is 5.71. The topological polar surface area (TPSA) is 37.4 Å². The molecule has 1 saturated heterocycles. The third-order valence-electron chi connectivity index (χ3n) is 4.38. The Hall–Kier alpha value is -2.13. The van der Waals surface area contributed by atoms with E-state index in [-0.39, 0.29) is 18.2 Å². The highest BCUT2D eigenvalue weighted by atomic mass is 35.5. The fourth-order valence-electron chi connectivity index (χ4n) is 3.25. The standard InChI is InChI=1S/C19H18ClNO2/c20-12-7-13-21-17(22)14-19(18(21)23,15-8-3-1-4-9-15)16-10-5-2-6-11-16/h1-6,8-11H,7,12-14H2. The maximum absolute atomic E-state index is 13.2. The predicted octanol–water partition coefficient (Wildman–Crippen LogP) is 3.36. The van der Waals surface area contributed by atoms with Gasteiger partial charge in [-0.25, -0.2) is 0 Å². The van der Waals surface area contributed by atoms with Gasteiger partial charge in [0.15, 0.2) is 0 Å². The predicted molar refractivity (Wildman–Crippen MR) is 90.3 cm³/mol. The van der Waals surface area contributed by atoms with Crippen molar-refractivity contribution in [3.63, 3.8) is 0 Å². The number of hydrogen-bond donors (Lipinski definition) is 0. The van der Waals surface area contributed by atoms with Gasteiger partial charge in [0, 0.05) is 18.8 Å². The number of amides is 2. The molecule has 0 unspecified atom stereocenters. The van der Waals surface area contributed by atoms with Crippen LogP contribution < -0.4 is 0 Å². The van der Waals surface area contributed by atoms with E-state index < -0.39 is 5.41 Å². The Kier molecular flexibility index (Phi) is 4.49. The first-order valence-electron chi connectivity index (χ1n) is 7.72. The molecule has 0 bridgehead atoms. The van der Waals surface area contributed by atoms with Gasteiger partial charge in [0.25, 0.3) is 0 Å². The molecule has 1 fully saturated rings. The number of likely N-dealkylation sites (tertiary alicyclic amines) is 1. The van der Waals surface area contributed by atoms with Crippen molar-refractivity contribution in [1.82, 2.24) is 4.90 Å². The SMILES string of the molecule is O=C1CC(c2ccccc2)(c2ccccc2)C(=O)N1CCCCl. The molecule has 0 atom stereocenters. The second kappa shape index (κ2) is 6.55. The summed E-state index contributed by atoms with van der Waals surface area (Å²) in [5, 5.41) is 0. The van der Waals surface area contributed by atoms with E-state index in [2.05, 4.69) is 0 Å². The summed E-state index contributed by atoms with van der Waals surface area (Å²) in [5.41, 5.74) is 0.794. The monoisotopic (exact) mass is 327 g/mol. The molecule has 2 aromatic rings. The molecular formula is C19H18ClNO2. The van der Waals surface area contributed by atoms with Crippen LogP contribution in [0.25, 0.3) is 0 Å². The fraction of sp³-hybridized carbons (Fsp3) is 0.263. The Morgan fingerprint density at radius 3 is 1.91 bits per heavy atom. The van der Waals surface area contributed by atoms with Crippen LogP contribution in [0, 0.1) is 0 Å². The Labute approximate surface area is 140 Å². The van der Waals surface area contributed by atoms with Crippen LogP contribution in [-0.4, -0.2) is 29.1 Å². The first-order valence-corrected chi connectivity index (χ1v) is 8.25. The van der Waals surface area contributed by atoms with Crippen LogP contribution in [0.4, 0.5) is 0 Å². The maximum Gasteiger partial charge on any atom is 0.244 e. The summed E-state index contributed by atoms with van der Waals surface area (Å²) < 4.78 is 0. The van der Waals surface area contributed by atoms with E-state index in [1.807, 2.05) is 60.7 Å². The van der Waals surface area contributed by atoms with Crippen molar-refractivity contribution in [2.45, 2.75) is 18.3 Å². The van der Waals surface area contributed by atoms with Crippen molar-refractivity contribution in [3.8, 4) is 0 Å². The summed E-state index contributed by atoms with van der Waals surface area (Å²) in [6, 6.07) is 19.1. The molecule has 2 amide bonds. The van der Waals surface area contributed by atoms with Gasteiger partial charge in [-0.3, -0.25) is 14.5 Å². The van der Waals surface area contributed by atoms with Gasteiger partial charge in [-0.15, -0.1) is 11.6 Å². The highest BCUT2D eigenvalue weighted by Gasteiger charge is 2.53. The second-order valence-corrected chi connectivity index (χ2v) is 6.09. The van der Waals surface area contributed by atoms with E-state index >= 15 is 0 Å². The normalized spacial score (nSPS) is 16.8. The minimum atomic E-state index is -0.925. The lowest BCUT2D eigenvalue weighted by atomic mass is 9.73. The first kappa shape index (κ1) is 15.8. The summed E-state index contributed by atoms with van der Waals surface area (Å²) in [5.74, 6) is 0.152. The lowest BCUT2D eigenvalue weighted by Crippen LogP contribution is -2.39. The summed E-state index contributed by atoms with van der Waals surface area (Å²) in [4.78, 5) is 27.1. The Morgan fingerprint density at radius 2 is 1.43 bits per heavy atom. The van der Waals surface area contributed by atoms with E-state index in [1.54, 1.807) is 0 Å². The van der Waals surface area contributed by atoms with Crippen molar-refractivity contribution < 1.29 is 9.59 Å². The lowest BCUT2D eigenvalue weighted by Gasteiger charge is -2.28.